The van der Waals surface area contributed by atoms with Gasteiger partial charge in [-0.15, -0.1) is 0 Å². The quantitative estimate of drug-likeness (QED) is 0.868. The summed E-state index contributed by atoms with van der Waals surface area (Å²) >= 11 is 1.17. The Morgan fingerprint density at radius 1 is 1.21 bits per heavy atom. The van der Waals surface area contributed by atoms with E-state index in [1.54, 1.807) is 25.4 Å². The molecule has 0 aromatic carbocycles. The van der Waals surface area contributed by atoms with E-state index in [9.17, 15) is 9.90 Å². The molecule has 0 amide bonds. The van der Waals surface area contributed by atoms with Crippen LogP contribution in [0.2, 0.25) is 0 Å². The Kier molecular flexibility index (Phi) is 3.80. The molecule has 0 bridgehead atoms. The van der Waals surface area contributed by atoms with Crippen molar-refractivity contribution in [1.82, 2.24) is 15.0 Å². The van der Waals surface area contributed by atoms with Crippen molar-refractivity contribution in [2.75, 3.05) is 0 Å². The fourth-order valence-electron chi connectivity index (χ4n) is 1.66. The van der Waals surface area contributed by atoms with Gasteiger partial charge < -0.3 is 5.11 Å². The van der Waals surface area contributed by atoms with Gasteiger partial charge in [0.2, 0.25) is 0 Å². The molecule has 0 saturated heterocycles. The van der Waals surface area contributed by atoms with Crippen LogP contribution in [0.3, 0.4) is 0 Å². The van der Waals surface area contributed by atoms with Crippen LogP contribution in [-0.2, 0) is 0 Å². The maximum absolute atomic E-state index is 11.3. The Balaban J connectivity index is 2.44. The molecular formula is C13H13N3O2S. The molecule has 1 N–H and O–H groups in total. The molecule has 0 aliphatic rings. The first-order chi connectivity index (χ1) is 8.97. The van der Waals surface area contributed by atoms with E-state index in [1.165, 1.54) is 11.8 Å². The zero-order valence-electron chi connectivity index (χ0n) is 10.8. The van der Waals surface area contributed by atoms with Gasteiger partial charge in [0.05, 0.1) is 5.56 Å². The van der Waals surface area contributed by atoms with Crippen LogP contribution < -0.4 is 0 Å². The maximum Gasteiger partial charge on any atom is 0.338 e. The lowest BCUT2D eigenvalue weighted by atomic mass is 10.1. The van der Waals surface area contributed by atoms with Crippen molar-refractivity contribution in [2.24, 2.45) is 0 Å². The van der Waals surface area contributed by atoms with E-state index < -0.39 is 5.97 Å². The molecular weight excluding hydrogens is 262 g/mol. The molecule has 2 aromatic rings. The van der Waals surface area contributed by atoms with Gasteiger partial charge in [0, 0.05) is 18.1 Å². The first-order valence-electron chi connectivity index (χ1n) is 5.65. The van der Waals surface area contributed by atoms with Gasteiger partial charge >= 0.3 is 5.97 Å². The summed E-state index contributed by atoms with van der Waals surface area (Å²) in [7, 11) is 0. The van der Waals surface area contributed by atoms with Gasteiger partial charge in [-0.3, -0.25) is 0 Å². The molecule has 2 rings (SSSR count). The Bertz CT molecular complexity index is 627. The lowest BCUT2D eigenvalue weighted by Gasteiger charge is -2.08. The van der Waals surface area contributed by atoms with Crippen LogP contribution in [0.25, 0.3) is 0 Å². The van der Waals surface area contributed by atoms with Crippen LogP contribution in [-0.4, -0.2) is 26.0 Å². The lowest BCUT2D eigenvalue weighted by molar-refractivity contribution is 0.0691. The predicted molar refractivity (Wildman–Crippen MR) is 71.6 cm³/mol. The van der Waals surface area contributed by atoms with Crippen molar-refractivity contribution in [3.63, 3.8) is 0 Å². The monoisotopic (exact) mass is 275 g/mol. The fraction of sp³-hybridized carbons (Fsp3) is 0.231. The third-order valence-electron chi connectivity index (χ3n) is 2.47. The van der Waals surface area contributed by atoms with Crippen molar-refractivity contribution in [3.05, 3.63) is 40.8 Å². The normalized spacial score (nSPS) is 10.5. The standard InChI is InChI=1S/C13H13N3O2S/c1-7-5-14-13(15-6-7)19-11-10(12(17)18)8(2)4-9(3)16-11/h4-6H,1-3H3,(H,17,18). The SMILES string of the molecule is Cc1cnc(Sc2nc(C)cc(C)c2C(=O)O)nc1. The maximum atomic E-state index is 11.3. The number of aryl methyl sites for hydroxylation is 3. The summed E-state index contributed by atoms with van der Waals surface area (Å²) in [5.41, 5.74) is 2.63. The van der Waals surface area contributed by atoms with Crippen LogP contribution in [0.4, 0.5) is 0 Å². The Labute approximate surface area is 115 Å². The second kappa shape index (κ2) is 5.36. The molecule has 0 atom stereocenters. The van der Waals surface area contributed by atoms with E-state index in [0.717, 1.165) is 11.3 Å². The third kappa shape index (κ3) is 3.08. The summed E-state index contributed by atoms with van der Waals surface area (Å²) in [4.78, 5) is 23.9. The summed E-state index contributed by atoms with van der Waals surface area (Å²) in [6.45, 7) is 5.49. The van der Waals surface area contributed by atoms with Crippen LogP contribution in [0, 0.1) is 20.8 Å². The molecule has 5 nitrogen and oxygen atoms in total. The minimum atomic E-state index is -0.986. The topological polar surface area (TPSA) is 76.0 Å². The summed E-state index contributed by atoms with van der Waals surface area (Å²) in [5, 5.41) is 10.2. The van der Waals surface area contributed by atoms with Gasteiger partial charge in [-0.05, 0) is 49.7 Å². The summed E-state index contributed by atoms with van der Waals surface area (Å²) < 4.78 is 0. The molecule has 6 heteroatoms. The van der Waals surface area contributed by atoms with E-state index in [-0.39, 0.29) is 5.56 Å². The average molecular weight is 275 g/mol. The minimum absolute atomic E-state index is 0.208. The van der Waals surface area contributed by atoms with Gasteiger partial charge in [0.15, 0.2) is 5.16 Å². The molecule has 2 heterocycles. The van der Waals surface area contributed by atoms with E-state index in [2.05, 4.69) is 15.0 Å². The van der Waals surface area contributed by atoms with Crippen molar-refractivity contribution < 1.29 is 9.90 Å². The second-order valence-electron chi connectivity index (χ2n) is 4.21. The van der Waals surface area contributed by atoms with Gasteiger partial charge in [0.1, 0.15) is 5.03 Å². The zero-order valence-corrected chi connectivity index (χ0v) is 11.7. The smallest absolute Gasteiger partial charge is 0.338 e. The molecule has 0 aliphatic carbocycles. The number of aromatic carboxylic acids is 1. The predicted octanol–water partition coefficient (Wildman–Crippen LogP) is 2.65. The number of carbonyl (C=O) groups is 1. The van der Waals surface area contributed by atoms with Crippen molar-refractivity contribution in [2.45, 2.75) is 31.0 Å². The van der Waals surface area contributed by atoms with Gasteiger partial charge in [-0.25, -0.2) is 19.7 Å². The Morgan fingerprint density at radius 3 is 2.42 bits per heavy atom. The molecule has 0 aliphatic heterocycles. The highest BCUT2D eigenvalue weighted by Crippen LogP contribution is 2.28. The van der Waals surface area contributed by atoms with Crippen LogP contribution in [0.15, 0.2) is 28.6 Å². The molecule has 0 saturated carbocycles. The molecule has 19 heavy (non-hydrogen) atoms. The van der Waals surface area contributed by atoms with Crippen LogP contribution in [0.1, 0.15) is 27.2 Å². The number of rotatable bonds is 3. The highest BCUT2D eigenvalue weighted by Gasteiger charge is 2.17. The minimum Gasteiger partial charge on any atom is -0.478 e. The second-order valence-corrected chi connectivity index (χ2v) is 5.17. The number of hydrogen-bond acceptors (Lipinski definition) is 5. The first-order valence-corrected chi connectivity index (χ1v) is 6.47. The fourth-order valence-corrected chi connectivity index (χ4v) is 2.58. The molecule has 98 valence electrons. The highest BCUT2D eigenvalue weighted by atomic mass is 32.2. The largest absolute Gasteiger partial charge is 0.478 e. The van der Waals surface area contributed by atoms with Gasteiger partial charge in [-0.1, -0.05) is 0 Å². The van der Waals surface area contributed by atoms with Crippen molar-refractivity contribution in [3.8, 4) is 0 Å². The summed E-state index contributed by atoms with van der Waals surface area (Å²) in [5.74, 6) is -0.986. The average Bonchev–Trinajstić information content (AvgIpc) is 2.30. The number of hydrogen-bond donors (Lipinski definition) is 1. The van der Waals surface area contributed by atoms with Crippen LogP contribution in [0.5, 0.6) is 0 Å². The van der Waals surface area contributed by atoms with E-state index >= 15 is 0 Å². The first kappa shape index (κ1) is 13.5. The van der Waals surface area contributed by atoms with Gasteiger partial charge in [0.25, 0.3) is 0 Å². The van der Waals surface area contributed by atoms with E-state index in [4.69, 9.17) is 0 Å². The number of pyridine rings is 1. The Hall–Kier alpha value is -1.95. The molecule has 2 aromatic heterocycles. The molecule has 0 unspecified atom stereocenters. The number of carboxylic acids is 1. The van der Waals surface area contributed by atoms with Gasteiger partial charge in [-0.2, -0.15) is 0 Å². The lowest BCUT2D eigenvalue weighted by Crippen LogP contribution is -2.05. The van der Waals surface area contributed by atoms with Crippen molar-refractivity contribution >= 4 is 17.7 Å². The summed E-state index contributed by atoms with van der Waals surface area (Å²) in [6, 6.07) is 1.75. The number of aromatic nitrogens is 3. The Morgan fingerprint density at radius 2 is 1.84 bits per heavy atom. The van der Waals surface area contributed by atoms with Crippen LogP contribution >= 0.6 is 11.8 Å². The molecule has 0 spiro atoms. The zero-order chi connectivity index (χ0) is 14.0. The summed E-state index contributed by atoms with van der Waals surface area (Å²) in [6.07, 6.45) is 3.39. The number of nitrogens with zero attached hydrogens (tertiary/aromatic N) is 3. The highest BCUT2D eigenvalue weighted by molar-refractivity contribution is 7.99. The molecule has 0 radical (unpaired) electrons. The number of carboxylic acid groups (broad SMARTS) is 1. The third-order valence-corrected chi connectivity index (χ3v) is 3.35. The van der Waals surface area contributed by atoms with E-state index in [0.29, 0.717) is 15.7 Å². The van der Waals surface area contributed by atoms with E-state index in [1.807, 2.05) is 13.8 Å². The van der Waals surface area contributed by atoms with Crippen molar-refractivity contribution in [1.29, 1.82) is 0 Å². The molecule has 0 fully saturated rings.